The number of fused-ring (bicyclic) bond motifs is 6. The topological polar surface area (TPSA) is 15.6 Å². The number of nitrogens with zero attached hydrogens (tertiary/aromatic N) is 2. The summed E-state index contributed by atoms with van der Waals surface area (Å²) in [5.74, 6) is 0. The zero-order valence-electron chi connectivity index (χ0n) is 10.8. The standard InChI is InChI=1S/C17H14N2/c1-19-11-18-10-16-14-8-3-2-6-12(14)13-7-4-5-9-15(13)17(16)19/h2-10H,11H2,1H3. The Morgan fingerprint density at radius 1 is 0.842 bits per heavy atom. The lowest BCUT2D eigenvalue weighted by Crippen LogP contribution is -2.22. The van der Waals surface area contributed by atoms with Gasteiger partial charge in [0.15, 0.2) is 0 Å². The predicted molar refractivity (Wildman–Crippen MR) is 82.3 cm³/mol. The van der Waals surface area contributed by atoms with Gasteiger partial charge in [0.05, 0.1) is 5.69 Å². The van der Waals surface area contributed by atoms with Crippen molar-refractivity contribution in [1.82, 2.24) is 0 Å². The van der Waals surface area contributed by atoms with E-state index >= 15 is 0 Å². The van der Waals surface area contributed by atoms with Gasteiger partial charge in [-0.15, -0.1) is 0 Å². The molecule has 0 bridgehead atoms. The number of anilines is 1. The highest BCUT2D eigenvalue weighted by Crippen LogP contribution is 2.38. The van der Waals surface area contributed by atoms with Crippen LogP contribution in [0, 0.1) is 0 Å². The summed E-state index contributed by atoms with van der Waals surface area (Å²) in [7, 11) is 2.11. The fraction of sp³-hybridized carbons (Fsp3) is 0.118. The second kappa shape index (κ2) is 3.82. The van der Waals surface area contributed by atoms with Crippen molar-refractivity contribution >= 4 is 33.4 Å². The van der Waals surface area contributed by atoms with Crippen LogP contribution in [0.25, 0.3) is 21.5 Å². The average molecular weight is 246 g/mol. The Labute approximate surface area is 112 Å². The van der Waals surface area contributed by atoms with E-state index in [0.29, 0.717) is 0 Å². The molecule has 4 rings (SSSR count). The van der Waals surface area contributed by atoms with Gasteiger partial charge in [-0.25, -0.2) is 0 Å². The smallest absolute Gasteiger partial charge is 0.110 e. The third-order valence-electron chi connectivity index (χ3n) is 3.84. The molecule has 1 heterocycles. The van der Waals surface area contributed by atoms with Crippen molar-refractivity contribution < 1.29 is 0 Å². The highest BCUT2D eigenvalue weighted by molar-refractivity contribution is 6.21. The molecule has 0 atom stereocenters. The van der Waals surface area contributed by atoms with Gasteiger partial charge >= 0.3 is 0 Å². The first-order valence-corrected chi connectivity index (χ1v) is 6.50. The Morgan fingerprint density at radius 2 is 1.42 bits per heavy atom. The lowest BCUT2D eigenvalue weighted by Gasteiger charge is -2.26. The molecular weight excluding hydrogens is 232 g/mol. The molecule has 0 amide bonds. The van der Waals surface area contributed by atoms with Gasteiger partial charge < -0.3 is 4.90 Å². The molecule has 0 unspecified atom stereocenters. The first-order chi connectivity index (χ1) is 9.36. The van der Waals surface area contributed by atoms with Gasteiger partial charge in [0.25, 0.3) is 0 Å². The monoisotopic (exact) mass is 246 g/mol. The molecule has 0 spiro atoms. The summed E-state index contributed by atoms with van der Waals surface area (Å²) in [6.45, 7) is 0.731. The molecule has 0 saturated heterocycles. The van der Waals surface area contributed by atoms with E-state index < -0.39 is 0 Å². The van der Waals surface area contributed by atoms with Crippen molar-refractivity contribution in [2.24, 2.45) is 4.99 Å². The van der Waals surface area contributed by atoms with E-state index in [9.17, 15) is 0 Å². The van der Waals surface area contributed by atoms with Crippen molar-refractivity contribution in [1.29, 1.82) is 0 Å². The van der Waals surface area contributed by atoms with E-state index in [2.05, 4.69) is 65.5 Å². The molecule has 3 aromatic carbocycles. The highest BCUT2D eigenvalue weighted by Gasteiger charge is 2.17. The van der Waals surface area contributed by atoms with Crippen molar-refractivity contribution in [3.63, 3.8) is 0 Å². The van der Waals surface area contributed by atoms with Crippen LogP contribution in [0.15, 0.2) is 53.5 Å². The molecule has 2 nitrogen and oxygen atoms in total. The van der Waals surface area contributed by atoms with Gasteiger partial charge in [0.1, 0.15) is 6.67 Å². The number of rotatable bonds is 0. The number of hydrogen-bond acceptors (Lipinski definition) is 2. The first-order valence-electron chi connectivity index (χ1n) is 6.50. The van der Waals surface area contributed by atoms with E-state index in [1.807, 2.05) is 6.21 Å². The van der Waals surface area contributed by atoms with Crippen molar-refractivity contribution in [3.05, 3.63) is 54.1 Å². The lowest BCUT2D eigenvalue weighted by molar-refractivity contribution is 0.930. The number of hydrogen-bond donors (Lipinski definition) is 0. The molecule has 0 aliphatic carbocycles. The zero-order chi connectivity index (χ0) is 12.8. The third kappa shape index (κ3) is 1.40. The Morgan fingerprint density at radius 3 is 2.16 bits per heavy atom. The second-order valence-corrected chi connectivity index (χ2v) is 5.00. The molecule has 0 aromatic heterocycles. The van der Waals surface area contributed by atoms with Gasteiger partial charge in [0, 0.05) is 24.2 Å². The number of benzene rings is 3. The maximum Gasteiger partial charge on any atom is 0.110 e. The molecule has 0 radical (unpaired) electrons. The van der Waals surface area contributed by atoms with E-state index in [1.165, 1.54) is 32.8 Å². The summed E-state index contributed by atoms with van der Waals surface area (Å²) in [4.78, 5) is 6.68. The van der Waals surface area contributed by atoms with Crippen LogP contribution in [0.2, 0.25) is 0 Å². The second-order valence-electron chi connectivity index (χ2n) is 5.00. The first kappa shape index (κ1) is 10.6. The van der Waals surface area contributed by atoms with Gasteiger partial charge in [0.2, 0.25) is 0 Å². The van der Waals surface area contributed by atoms with E-state index in [1.54, 1.807) is 0 Å². The minimum absolute atomic E-state index is 0.731. The average Bonchev–Trinajstić information content (AvgIpc) is 2.47. The van der Waals surface area contributed by atoms with Crippen LogP contribution in [-0.4, -0.2) is 19.9 Å². The quantitative estimate of drug-likeness (QED) is 0.551. The minimum atomic E-state index is 0.731. The van der Waals surface area contributed by atoms with Crippen LogP contribution in [0.5, 0.6) is 0 Å². The summed E-state index contributed by atoms with van der Waals surface area (Å²) in [5.41, 5.74) is 2.53. The Bertz CT molecular complexity index is 818. The normalized spacial score (nSPS) is 14.1. The molecular formula is C17H14N2. The third-order valence-corrected chi connectivity index (χ3v) is 3.84. The molecule has 0 N–H and O–H groups in total. The van der Waals surface area contributed by atoms with E-state index in [4.69, 9.17) is 0 Å². The summed E-state index contributed by atoms with van der Waals surface area (Å²) in [6, 6.07) is 17.2. The molecule has 2 heteroatoms. The zero-order valence-corrected chi connectivity index (χ0v) is 10.8. The van der Waals surface area contributed by atoms with Crippen molar-refractivity contribution in [3.8, 4) is 0 Å². The molecule has 3 aromatic rings. The van der Waals surface area contributed by atoms with E-state index in [-0.39, 0.29) is 0 Å². The molecule has 0 fully saturated rings. The summed E-state index contributed by atoms with van der Waals surface area (Å²) < 4.78 is 0. The summed E-state index contributed by atoms with van der Waals surface area (Å²) >= 11 is 0. The fourth-order valence-electron chi connectivity index (χ4n) is 3.02. The van der Waals surface area contributed by atoms with Crippen LogP contribution in [0.1, 0.15) is 5.56 Å². The Balaban J connectivity index is 2.32. The lowest BCUT2D eigenvalue weighted by atomic mass is 9.94. The van der Waals surface area contributed by atoms with Crippen LogP contribution < -0.4 is 4.90 Å². The minimum Gasteiger partial charge on any atom is -0.354 e. The van der Waals surface area contributed by atoms with Gasteiger partial charge in [-0.05, 0) is 16.2 Å². The van der Waals surface area contributed by atoms with Crippen molar-refractivity contribution in [2.75, 3.05) is 18.6 Å². The Hall–Kier alpha value is -2.35. The maximum atomic E-state index is 4.46. The summed E-state index contributed by atoms with van der Waals surface area (Å²) in [5, 5.41) is 5.22. The summed E-state index contributed by atoms with van der Waals surface area (Å²) in [6.07, 6.45) is 2.02. The van der Waals surface area contributed by atoms with Gasteiger partial charge in [-0.3, -0.25) is 4.99 Å². The number of aliphatic imine (C=N–C) groups is 1. The largest absolute Gasteiger partial charge is 0.354 e. The van der Waals surface area contributed by atoms with Crippen LogP contribution in [0.4, 0.5) is 5.69 Å². The van der Waals surface area contributed by atoms with Crippen LogP contribution >= 0.6 is 0 Å². The fourth-order valence-corrected chi connectivity index (χ4v) is 3.02. The molecule has 92 valence electrons. The van der Waals surface area contributed by atoms with Gasteiger partial charge in [-0.2, -0.15) is 0 Å². The molecule has 19 heavy (non-hydrogen) atoms. The van der Waals surface area contributed by atoms with Crippen molar-refractivity contribution in [2.45, 2.75) is 0 Å². The van der Waals surface area contributed by atoms with Crippen LogP contribution in [0.3, 0.4) is 0 Å². The maximum absolute atomic E-state index is 4.46. The van der Waals surface area contributed by atoms with Gasteiger partial charge in [-0.1, -0.05) is 48.5 Å². The highest BCUT2D eigenvalue weighted by atomic mass is 15.2. The SMILES string of the molecule is CN1CN=Cc2c1c1ccccc1c1ccccc21. The molecule has 0 saturated carbocycles. The van der Waals surface area contributed by atoms with Crippen LogP contribution in [-0.2, 0) is 0 Å². The molecule has 1 aliphatic heterocycles. The van der Waals surface area contributed by atoms with E-state index in [0.717, 1.165) is 6.67 Å². The predicted octanol–water partition coefficient (Wildman–Crippen LogP) is 3.82. The Kier molecular flexibility index (Phi) is 2.12. The molecule has 1 aliphatic rings.